The summed E-state index contributed by atoms with van der Waals surface area (Å²) in [5.41, 5.74) is 4.02. The van der Waals surface area contributed by atoms with E-state index in [9.17, 15) is 20.0 Å². The van der Waals surface area contributed by atoms with Crippen molar-refractivity contribution in [2.24, 2.45) is 5.10 Å². The third-order valence-electron chi connectivity index (χ3n) is 3.15. The second-order valence-corrected chi connectivity index (χ2v) is 4.85. The molecule has 0 fully saturated rings. The zero-order chi connectivity index (χ0) is 16.8. The molecule has 0 spiro atoms. The highest BCUT2D eigenvalue weighted by Gasteiger charge is 2.08. The number of nitro benzene ring substituents is 1. The molecule has 1 amide bonds. The van der Waals surface area contributed by atoms with Crippen LogP contribution in [0.15, 0.2) is 53.6 Å². The van der Waals surface area contributed by atoms with Crippen molar-refractivity contribution in [1.29, 1.82) is 0 Å². The summed E-state index contributed by atoms with van der Waals surface area (Å²) in [4.78, 5) is 21.9. The number of phenols is 1. The lowest BCUT2D eigenvalue weighted by Gasteiger charge is -2.05. The Bertz CT molecular complexity index is 754. The molecule has 23 heavy (non-hydrogen) atoms. The van der Waals surface area contributed by atoms with Crippen LogP contribution in [0.4, 0.5) is 5.69 Å². The number of nitrogens with zero attached hydrogens (tertiary/aromatic N) is 2. The van der Waals surface area contributed by atoms with E-state index in [-0.39, 0.29) is 23.8 Å². The van der Waals surface area contributed by atoms with Crippen molar-refractivity contribution in [3.8, 4) is 5.75 Å². The lowest BCUT2D eigenvalue weighted by Crippen LogP contribution is -2.21. The summed E-state index contributed by atoms with van der Waals surface area (Å²) >= 11 is 0. The molecule has 2 aromatic rings. The monoisotopic (exact) mass is 313 g/mol. The minimum atomic E-state index is -0.496. The Morgan fingerprint density at radius 2 is 1.87 bits per heavy atom. The summed E-state index contributed by atoms with van der Waals surface area (Å²) < 4.78 is 0. The minimum absolute atomic E-state index is 0.0254. The molecule has 0 unspecified atom stereocenters. The number of non-ortho nitro benzene ring substituents is 1. The molecular weight excluding hydrogens is 298 g/mol. The molecule has 0 aliphatic carbocycles. The number of aromatic hydroxyl groups is 1. The minimum Gasteiger partial charge on any atom is -0.507 e. The fourth-order valence-electron chi connectivity index (χ4n) is 1.95. The van der Waals surface area contributed by atoms with Gasteiger partial charge in [0.2, 0.25) is 5.91 Å². The van der Waals surface area contributed by atoms with Crippen LogP contribution in [0.1, 0.15) is 18.1 Å². The van der Waals surface area contributed by atoms with Gasteiger partial charge >= 0.3 is 0 Å². The van der Waals surface area contributed by atoms with Crippen LogP contribution in [0.5, 0.6) is 5.75 Å². The number of rotatable bonds is 5. The van der Waals surface area contributed by atoms with E-state index in [0.29, 0.717) is 16.8 Å². The fraction of sp³-hybridized carbons (Fsp3) is 0.125. The van der Waals surface area contributed by atoms with Gasteiger partial charge in [-0.2, -0.15) is 5.10 Å². The van der Waals surface area contributed by atoms with Gasteiger partial charge in [-0.25, -0.2) is 5.43 Å². The largest absolute Gasteiger partial charge is 0.507 e. The number of carbonyl (C=O) groups excluding carboxylic acids is 1. The van der Waals surface area contributed by atoms with E-state index in [1.54, 1.807) is 25.1 Å². The van der Waals surface area contributed by atoms with Gasteiger partial charge in [-0.05, 0) is 24.6 Å². The Morgan fingerprint density at radius 1 is 1.22 bits per heavy atom. The highest BCUT2D eigenvalue weighted by atomic mass is 16.6. The van der Waals surface area contributed by atoms with Crippen LogP contribution in [0.3, 0.4) is 0 Å². The predicted octanol–water partition coefficient (Wildman–Crippen LogP) is 2.38. The zero-order valence-corrected chi connectivity index (χ0v) is 12.4. The van der Waals surface area contributed by atoms with Crippen LogP contribution in [0.2, 0.25) is 0 Å². The molecule has 2 N–H and O–H groups in total. The summed E-state index contributed by atoms with van der Waals surface area (Å²) in [6.07, 6.45) is 0.0511. The standard InChI is InChI=1S/C16H15N3O4/c1-11(14-4-2-3-5-15(14)20)17-18-16(21)10-12-6-8-13(9-7-12)19(22)23/h2-9,20H,10H2,1H3,(H,18,21). The maximum atomic E-state index is 11.8. The van der Waals surface area contributed by atoms with E-state index in [1.807, 2.05) is 0 Å². The number of phenolic OH excluding ortho intramolecular Hbond substituents is 1. The third-order valence-corrected chi connectivity index (χ3v) is 3.15. The first-order valence-corrected chi connectivity index (χ1v) is 6.82. The SMILES string of the molecule is CC(=NNC(=O)Cc1ccc([N+](=O)[O-])cc1)c1ccccc1O. The maximum absolute atomic E-state index is 11.8. The smallest absolute Gasteiger partial charge is 0.269 e. The van der Waals surface area contributed by atoms with Crippen molar-refractivity contribution >= 4 is 17.3 Å². The molecule has 0 radical (unpaired) electrons. The van der Waals surface area contributed by atoms with E-state index in [1.165, 1.54) is 30.3 Å². The van der Waals surface area contributed by atoms with Crippen molar-refractivity contribution in [3.05, 3.63) is 69.8 Å². The molecule has 2 aromatic carbocycles. The van der Waals surface area contributed by atoms with E-state index in [0.717, 1.165) is 0 Å². The van der Waals surface area contributed by atoms with Gasteiger partial charge in [0.15, 0.2) is 0 Å². The van der Waals surface area contributed by atoms with E-state index >= 15 is 0 Å². The van der Waals surface area contributed by atoms with Gasteiger partial charge in [-0.15, -0.1) is 0 Å². The Hall–Kier alpha value is -3.22. The van der Waals surface area contributed by atoms with Gasteiger partial charge in [0.1, 0.15) is 5.75 Å². The number of hydrazone groups is 1. The third kappa shape index (κ3) is 4.37. The number of nitrogens with one attached hydrogen (secondary N) is 1. The molecule has 0 aliphatic rings. The van der Waals surface area contributed by atoms with Crippen molar-refractivity contribution in [3.63, 3.8) is 0 Å². The van der Waals surface area contributed by atoms with Crippen molar-refractivity contribution < 1.29 is 14.8 Å². The number of amides is 1. The van der Waals surface area contributed by atoms with Gasteiger partial charge in [0.05, 0.1) is 17.1 Å². The summed E-state index contributed by atoms with van der Waals surface area (Å²) in [5.74, 6) is -0.271. The highest BCUT2D eigenvalue weighted by Crippen LogP contribution is 2.16. The average molecular weight is 313 g/mol. The van der Waals surface area contributed by atoms with Gasteiger partial charge in [0.25, 0.3) is 5.69 Å². The van der Waals surface area contributed by atoms with Crippen LogP contribution in [0, 0.1) is 10.1 Å². The van der Waals surface area contributed by atoms with Crippen LogP contribution in [-0.2, 0) is 11.2 Å². The van der Waals surface area contributed by atoms with E-state index in [2.05, 4.69) is 10.5 Å². The van der Waals surface area contributed by atoms with Crippen LogP contribution in [0.25, 0.3) is 0 Å². The quantitative estimate of drug-likeness (QED) is 0.502. The molecule has 0 bridgehead atoms. The second-order valence-electron chi connectivity index (χ2n) is 4.85. The lowest BCUT2D eigenvalue weighted by molar-refractivity contribution is -0.384. The molecule has 118 valence electrons. The molecule has 0 saturated carbocycles. The van der Waals surface area contributed by atoms with Gasteiger partial charge in [-0.1, -0.05) is 24.3 Å². The highest BCUT2D eigenvalue weighted by molar-refractivity contribution is 6.01. The average Bonchev–Trinajstić information content (AvgIpc) is 2.53. The summed E-state index contributed by atoms with van der Waals surface area (Å²) in [6.45, 7) is 1.67. The topological polar surface area (TPSA) is 105 Å². The molecule has 0 saturated heterocycles. The summed E-state index contributed by atoms with van der Waals surface area (Å²) in [6, 6.07) is 12.4. The Kier molecular flexibility index (Phi) is 5.03. The number of hydrogen-bond acceptors (Lipinski definition) is 5. The molecule has 0 aromatic heterocycles. The molecular formula is C16H15N3O4. The molecule has 0 aliphatic heterocycles. The van der Waals surface area contributed by atoms with E-state index in [4.69, 9.17) is 0 Å². The molecule has 7 nitrogen and oxygen atoms in total. The second kappa shape index (κ2) is 7.17. The number of benzene rings is 2. The molecule has 0 heterocycles. The van der Waals surface area contributed by atoms with Crippen LogP contribution < -0.4 is 5.43 Å². The first-order valence-electron chi connectivity index (χ1n) is 6.82. The first-order chi connectivity index (χ1) is 11.0. The normalized spacial score (nSPS) is 11.1. The van der Waals surface area contributed by atoms with Crippen LogP contribution in [-0.4, -0.2) is 21.6 Å². The van der Waals surface area contributed by atoms with Crippen molar-refractivity contribution in [1.82, 2.24) is 5.43 Å². The van der Waals surface area contributed by atoms with Crippen LogP contribution >= 0.6 is 0 Å². The zero-order valence-electron chi connectivity index (χ0n) is 12.4. The number of hydrogen-bond donors (Lipinski definition) is 2. The molecule has 0 atom stereocenters. The molecule has 2 rings (SSSR count). The lowest BCUT2D eigenvalue weighted by atomic mass is 10.1. The number of carbonyl (C=O) groups is 1. The van der Waals surface area contributed by atoms with E-state index < -0.39 is 4.92 Å². The van der Waals surface area contributed by atoms with Crippen molar-refractivity contribution in [2.75, 3.05) is 0 Å². The summed E-state index contributed by atoms with van der Waals surface area (Å²) in [5, 5.41) is 24.2. The molecule has 7 heteroatoms. The Labute approximate surface area is 132 Å². The maximum Gasteiger partial charge on any atom is 0.269 e. The van der Waals surface area contributed by atoms with Gasteiger partial charge < -0.3 is 5.11 Å². The first kappa shape index (κ1) is 16.2. The summed E-state index contributed by atoms with van der Waals surface area (Å²) in [7, 11) is 0. The van der Waals surface area contributed by atoms with Gasteiger partial charge in [0, 0.05) is 17.7 Å². The van der Waals surface area contributed by atoms with Gasteiger partial charge in [-0.3, -0.25) is 14.9 Å². The predicted molar refractivity (Wildman–Crippen MR) is 85.3 cm³/mol. The van der Waals surface area contributed by atoms with Crippen molar-refractivity contribution in [2.45, 2.75) is 13.3 Å². The Morgan fingerprint density at radius 3 is 2.48 bits per heavy atom. The number of nitro groups is 1. The Balaban J connectivity index is 1.98. The number of para-hydroxylation sites is 1. The fourth-order valence-corrected chi connectivity index (χ4v) is 1.95.